The highest BCUT2D eigenvalue weighted by Crippen LogP contribution is 2.39. The fraction of sp³-hybridized carbons (Fsp3) is 0.0952. The molecule has 0 saturated carbocycles. The van der Waals surface area contributed by atoms with Crippen LogP contribution < -0.4 is 10.6 Å². The lowest BCUT2D eigenvalue weighted by Crippen LogP contribution is -2.35. The van der Waals surface area contributed by atoms with Gasteiger partial charge in [-0.1, -0.05) is 36.4 Å². The number of carbonyl (C=O) groups is 1. The summed E-state index contributed by atoms with van der Waals surface area (Å²) in [5.41, 5.74) is 5.08. The lowest BCUT2D eigenvalue weighted by Gasteiger charge is -2.25. The number of fused-ring (bicyclic) bond motifs is 3. The van der Waals surface area contributed by atoms with Crippen molar-refractivity contribution < 1.29 is 4.79 Å². The smallest absolute Gasteiger partial charge is 0.247 e. The van der Waals surface area contributed by atoms with Crippen molar-refractivity contribution in [3.63, 3.8) is 0 Å². The fourth-order valence-corrected chi connectivity index (χ4v) is 3.85. The average Bonchev–Trinajstić information content (AvgIpc) is 3.16. The number of nitrogens with one attached hydrogen (secondary N) is 2. The number of hydrogen-bond acceptors (Lipinski definition) is 3. The number of benzene rings is 2. The Morgan fingerprint density at radius 3 is 2.72 bits per heavy atom. The number of thiophene rings is 1. The molecule has 0 aliphatic carbocycles. The van der Waals surface area contributed by atoms with Crippen molar-refractivity contribution in [2.45, 2.75) is 12.5 Å². The number of amides is 1. The minimum absolute atomic E-state index is 0.0421. The maximum atomic E-state index is 12.6. The molecule has 1 unspecified atom stereocenters. The van der Waals surface area contributed by atoms with Crippen molar-refractivity contribution in [2.24, 2.45) is 0 Å². The minimum Gasteiger partial charge on any atom is -0.373 e. The van der Waals surface area contributed by atoms with Crippen LogP contribution in [0.25, 0.3) is 21.6 Å². The molecular formula is C21H18N2OS. The number of carbonyl (C=O) groups excluding carboxylic acids is 1. The van der Waals surface area contributed by atoms with Crippen LogP contribution in [0.2, 0.25) is 0 Å². The van der Waals surface area contributed by atoms with Gasteiger partial charge in [-0.25, -0.2) is 0 Å². The molecule has 0 radical (unpaired) electrons. The van der Waals surface area contributed by atoms with E-state index in [4.69, 9.17) is 0 Å². The maximum Gasteiger partial charge on any atom is 0.247 e. The summed E-state index contributed by atoms with van der Waals surface area (Å²) in [6.07, 6.45) is 2.34. The highest BCUT2D eigenvalue weighted by atomic mass is 32.1. The first-order valence-electron chi connectivity index (χ1n) is 8.22. The van der Waals surface area contributed by atoms with E-state index in [1.165, 1.54) is 4.88 Å². The van der Waals surface area contributed by atoms with Crippen LogP contribution in [0.3, 0.4) is 0 Å². The molecule has 1 atom stereocenters. The normalized spacial score (nSPS) is 15.8. The second-order valence-corrected chi connectivity index (χ2v) is 6.94. The van der Waals surface area contributed by atoms with Crippen LogP contribution in [-0.2, 0) is 4.79 Å². The second-order valence-electron chi connectivity index (χ2n) is 5.99. The van der Waals surface area contributed by atoms with Gasteiger partial charge in [-0.3, -0.25) is 4.79 Å². The lowest BCUT2D eigenvalue weighted by molar-refractivity contribution is -0.116. The van der Waals surface area contributed by atoms with E-state index in [1.807, 2.05) is 30.3 Å². The fourth-order valence-electron chi connectivity index (χ4n) is 3.12. The maximum absolute atomic E-state index is 12.6. The molecule has 124 valence electrons. The monoisotopic (exact) mass is 346 g/mol. The third-order valence-corrected chi connectivity index (χ3v) is 5.27. The number of hydrogen-bond donors (Lipinski definition) is 2. The average molecular weight is 346 g/mol. The van der Waals surface area contributed by atoms with Crippen molar-refractivity contribution in [1.82, 2.24) is 0 Å². The molecular weight excluding hydrogens is 328 g/mol. The Balaban J connectivity index is 1.87. The molecule has 0 saturated heterocycles. The second kappa shape index (κ2) is 6.57. The summed E-state index contributed by atoms with van der Waals surface area (Å²) in [5, 5.41) is 8.50. The summed E-state index contributed by atoms with van der Waals surface area (Å²) in [4.78, 5) is 13.8. The van der Waals surface area contributed by atoms with Crippen LogP contribution in [-0.4, -0.2) is 11.9 Å². The zero-order valence-corrected chi connectivity index (χ0v) is 14.5. The van der Waals surface area contributed by atoms with E-state index in [-0.39, 0.29) is 11.9 Å². The number of para-hydroxylation sites is 1. The Labute approximate surface area is 151 Å². The molecule has 0 spiro atoms. The van der Waals surface area contributed by atoms with Gasteiger partial charge in [-0.15, -0.1) is 17.9 Å². The van der Waals surface area contributed by atoms with E-state index in [0.717, 1.165) is 28.1 Å². The molecule has 1 aromatic heterocycles. The van der Waals surface area contributed by atoms with Crippen molar-refractivity contribution in [3.8, 4) is 21.6 Å². The highest BCUT2D eigenvalue weighted by molar-refractivity contribution is 7.13. The van der Waals surface area contributed by atoms with Crippen LogP contribution in [0.5, 0.6) is 0 Å². The standard InChI is InChI=1S/C21H18N2OS/c1-2-6-19-21(24)23-18-11-10-14(20-9-5-12-25-20)13-16(18)15-7-3-4-8-17(15)22-19/h2-5,7-13,19,22H,1,6H2,(H,23,24). The zero-order chi connectivity index (χ0) is 17.2. The largest absolute Gasteiger partial charge is 0.373 e. The van der Waals surface area contributed by atoms with Crippen molar-refractivity contribution in [1.29, 1.82) is 0 Å². The van der Waals surface area contributed by atoms with Crippen LogP contribution in [0.15, 0.2) is 72.6 Å². The summed E-state index contributed by atoms with van der Waals surface area (Å²) >= 11 is 1.71. The topological polar surface area (TPSA) is 41.1 Å². The van der Waals surface area contributed by atoms with E-state index >= 15 is 0 Å². The third-order valence-electron chi connectivity index (χ3n) is 4.35. The van der Waals surface area contributed by atoms with Crippen LogP contribution in [0.4, 0.5) is 11.4 Å². The van der Waals surface area contributed by atoms with Gasteiger partial charge in [0.15, 0.2) is 0 Å². The molecule has 2 N–H and O–H groups in total. The Morgan fingerprint density at radius 1 is 1.04 bits per heavy atom. The zero-order valence-electron chi connectivity index (χ0n) is 13.7. The van der Waals surface area contributed by atoms with Crippen molar-refractivity contribution in [2.75, 3.05) is 10.6 Å². The summed E-state index contributed by atoms with van der Waals surface area (Å²) in [5.74, 6) is -0.0421. The first kappa shape index (κ1) is 15.7. The molecule has 25 heavy (non-hydrogen) atoms. The van der Waals surface area contributed by atoms with Gasteiger partial charge >= 0.3 is 0 Å². The van der Waals surface area contributed by atoms with E-state index in [0.29, 0.717) is 6.42 Å². The number of anilines is 2. The Hall–Kier alpha value is -2.85. The molecule has 4 rings (SSSR count). The van der Waals surface area contributed by atoms with Gasteiger partial charge < -0.3 is 10.6 Å². The van der Waals surface area contributed by atoms with Crippen molar-refractivity contribution in [3.05, 3.63) is 72.6 Å². The number of rotatable bonds is 3. The predicted molar refractivity (Wildman–Crippen MR) is 106 cm³/mol. The minimum atomic E-state index is -0.330. The van der Waals surface area contributed by atoms with Gasteiger partial charge in [0.05, 0.1) is 0 Å². The van der Waals surface area contributed by atoms with E-state index < -0.39 is 0 Å². The third kappa shape index (κ3) is 2.96. The highest BCUT2D eigenvalue weighted by Gasteiger charge is 2.23. The van der Waals surface area contributed by atoms with E-state index in [1.54, 1.807) is 17.4 Å². The lowest BCUT2D eigenvalue weighted by atomic mass is 9.96. The molecule has 3 nitrogen and oxygen atoms in total. The molecule has 3 aromatic rings. The van der Waals surface area contributed by atoms with Crippen LogP contribution in [0.1, 0.15) is 6.42 Å². The first-order valence-corrected chi connectivity index (χ1v) is 9.10. The molecule has 4 heteroatoms. The molecule has 2 heterocycles. The van der Waals surface area contributed by atoms with Gasteiger partial charge in [0.2, 0.25) is 5.91 Å². The molecule has 0 bridgehead atoms. The molecule has 1 amide bonds. The quantitative estimate of drug-likeness (QED) is 0.624. The predicted octanol–water partition coefficient (Wildman–Crippen LogP) is 5.39. The first-order chi connectivity index (χ1) is 12.3. The molecule has 1 aliphatic rings. The van der Waals surface area contributed by atoms with Crippen molar-refractivity contribution >= 4 is 28.6 Å². The SMILES string of the molecule is C=CCC1Nc2ccccc2-c2cc(-c3cccs3)ccc2NC1=O. The summed E-state index contributed by atoms with van der Waals surface area (Å²) in [6.45, 7) is 3.76. The van der Waals surface area contributed by atoms with Crippen LogP contribution >= 0.6 is 11.3 Å². The molecule has 1 aliphatic heterocycles. The Bertz CT molecular complexity index is 931. The van der Waals surface area contributed by atoms with Gasteiger partial charge in [-0.2, -0.15) is 0 Å². The van der Waals surface area contributed by atoms with E-state index in [2.05, 4.69) is 46.9 Å². The van der Waals surface area contributed by atoms with E-state index in [9.17, 15) is 4.79 Å². The van der Waals surface area contributed by atoms with Gasteiger partial charge in [0, 0.05) is 27.4 Å². The molecule has 2 aromatic carbocycles. The van der Waals surface area contributed by atoms with Crippen LogP contribution in [0, 0.1) is 0 Å². The van der Waals surface area contributed by atoms with Gasteiger partial charge in [-0.05, 0) is 41.6 Å². The van der Waals surface area contributed by atoms with Gasteiger partial charge in [0.1, 0.15) is 6.04 Å². The Morgan fingerprint density at radius 2 is 1.92 bits per heavy atom. The summed E-state index contributed by atoms with van der Waals surface area (Å²) < 4.78 is 0. The van der Waals surface area contributed by atoms with Gasteiger partial charge in [0.25, 0.3) is 0 Å². The summed E-state index contributed by atoms with van der Waals surface area (Å²) in [6, 6.07) is 18.1. The molecule has 0 fully saturated rings. The summed E-state index contributed by atoms with van der Waals surface area (Å²) in [7, 11) is 0. The Kier molecular flexibility index (Phi) is 4.12.